The Morgan fingerprint density at radius 3 is 2.86 bits per heavy atom. The Bertz CT molecular complexity index is 663. The van der Waals surface area contributed by atoms with Crippen molar-refractivity contribution in [1.82, 2.24) is 9.78 Å². The van der Waals surface area contributed by atoms with Crippen LogP contribution in [-0.2, 0) is 7.05 Å². The van der Waals surface area contributed by atoms with E-state index < -0.39 is 13.0 Å². The predicted molar refractivity (Wildman–Crippen MR) is 73.7 cm³/mol. The van der Waals surface area contributed by atoms with Gasteiger partial charge in [0.05, 0.1) is 18.2 Å². The number of benzene rings is 1. The smallest absolute Gasteiger partial charge is 0.255 e. The lowest BCUT2D eigenvalue weighted by molar-refractivity contribution is 0.156. The van der Waals surface area contributed by atoms with Crippen molar-refractivity contribution in [2.45, 2.75) is 6.43 Å². The number of nitriles is 1. The molecule has 7 heteroatoms. The zero-order chi connectivity index (χ0) is 15.4. The van der Waals surface area contributed by atoms with E-state index in [9.17, 15) is 8.78 Å². The second-order valence-electron chi connectivity index (χ2n) is 4.48. The summed E-state index contributed by atoms with van der Waals surface area (Å²) >= 11 is 0. The Kier molecular flexibility index (Phi) is 4.38. The van der Waals surface area contributed by atoms with E-state index in [0.29, 0.717) is 23.0 Å². The summed E-state index contributed by atoms with van der Waals surface area (Å²) in [6.45, 7) is -0.402. The molecule has 21 heavy (non-hydrogen) atoms. The maximum atomic E-state index is 12.4. The lowest BCUT2D eigenvalue weighted by Gasteiger charge is -2.14. The number of ether oxygens (including phenoxy) is 1. The zero-order valence-corrected chi connectivity index (χ0v) is 11.6. The van der Waals surface area contributed by atoms with Crippen LogP contribution in [0.4, 0.5) is 14.6 Å². The molecule has 0 aliphatic carbocycles. The molecule has 110 valence electrons. The molecule has 0 unspecified atom stereocenters. The van der Waals surface area contributed by atoms with E-state index in [4.69, 9.17) is 10.00 Å². The Labute approximate surface area is 121 Å². The number of halogens is 2. The molecule has 0 spiro atoms. The minimum atomic E-state index is -2.44. The molecule has 5 nitrogen and oxygen atoms in total. The molecule has 2 aromatic rings. The van der Waals surface area contributed by atoms with Crippen LogP contribution in [0, 0.1) is 11.3 Å². The van der Waals surface area contributed by atoms with Crippen molar-refractivity contribution in [3.8, 4) is 17.7 Å². The van der Waals surface area contributed by atoms with Gasteiger partial charge < -0.3 is 9.64 Å². The molecule has 0 fully saturated rings. The average Bonchev–Trinajstić information content (AvgIpc) is 2.80. The maximum absolute atomic E-state index is 12.4. The third-order valence-corrected chi connectivity index (χ3v) is 2.81. The van der Waals surface area contributed by atoms with Crippen LogP contribution >= 0.6 is 0 Å². The highest BCUT2D eigenvalue weighted by Crippen LogP contribution is 2.25. The first kappa shape index (κ1) is 14.8. The third kappa shape index (κ3) is 3.69. The first-order valence-electron chi connectivity index (χ1n) is 6.21. The minimum absolute atomic E-state index is 0.393. The fourth-order valence-corrected chi connectivity index (χ4v) is 1.77. The van der Waals surface area contributed by atoms with Gasteiger partial charge in [0.25, 0.3) is 6.43 Å². The molecule has 0 aliphatic heterocycles. The molecule has 0 saturated heterocycles. The van der Waals surface area contributed by atoms with Crippen molar-refractivity contribution in [3.05, 3.63) is 35.9 Å². The summed E-state index contributed by atoms with van der Waals surface area (Å²) in [4.78, 5) is 1.35. The summed E-state index contributed by atoms with van der Waals surface area (Å²) in [5, 5.41) is 13.0. The van der Waals surface area contributed by atoms with Crippen molar-refractivity contribution in [2.75, 3.05) is 18.5 Å². The summed E-state index contributed by atoms with van der Waals surface area (Å²) < 4.78 is 31.8. The fraction of sp³-hybridized carbons (Fsp3) is 0.286. The fourth-order valence-electron chi connectivity index (χ4n) is 1.77. The SMILES string of the molecule is CN(CC(F)F)c1cc(Oc2cccc(C#N)c2)n(C)n1. The molecule has 0 saturated carbocycles. The molecule has 0 aliphatic rings. The largest absolute Gasteiger partial charge is 0.439 e. The molecule has 2 rings (SSSR count). The highest BCUT2D eigenvalue weighted by atomic mass is 19.3. The summed E-state index contributed by atoms with van der Waals surface area (Å²) in [6.07, 6.45) is -2.44. The second-order valence-corrected chi connectivity index (χ2v) is 4.48. The van der Waals surface area contributed by atoms with Crippen LogP contribution in [0.15, 0.2) is 30.3 Å². The normalized spacial score (nSPS) is 10.5. The number of nitrogens with zero attached hydrogens (tertiary/aromatic N) is 4. The molecule has 0 atom stereocenters. The molecule has 0 amide bonds. The molecule has 0 radical (unpaired) electrons. The summed E-state index contributed by atoms with van der Waals surface area (Å²) in [5.41, 5.74) is 0.477. The highest BCUT2D eigenvalue weighted by molar-refractivity contribution is 5.43. The lowest BCUT2D eigenvalue weighted by Crippen LogP contribution is -2.24. The van der Waals surface area contributed by atoms with Crippen molar-refractivity contribution in [2.24, 2.45) is 7.05 Å². The monoisotopic (exact) mass is 292 g/mol. The Balaban J connectivity index is 2.17. The van der Waals surface area contributed by atoms with E-state index in [1.54, 1.807) is 37.4 Å². The average molecular weight is 292 g/mol. The molecular weight excluding hydrogens is 278 g/mol. The van der Waals surface area contributed by atoms with Crippen LogP contribution in [0.2, 0.25) is 0 Å². The van der Waals surface area contributed by atoms with E-state index in [0.717, 1.165) is 0 Å². The predicted octanol–water partition coefficient (Wildman–Crippen LogP) is 2.79. The van der Waals surface area contributed by atoms with Gasteiger partial charge in [-0.2, -0.15) is 10.4 Å². The topological polar surface area (TPSA) is 54.1 Å². The standard InChI is InChI=1S/C14H14F2N4O/c1-19(9-12(15)16)13-7-14(20(2)18-13)21-11-5-3-4-10(6-11)8-17/h3-7,12H,9H2,1-2H3. The van der Waals surface area contributed by atoms with Gasteiger partial charge in [-0.05, 0) is 18.2 Å². The van der Waals surface area contributed by atoms with Gasteiger partial charge in [-0.25, -0.2) is 13.5 Å². The zero-order valence-electron chi connectivity index (χ0n) is 11.6. The summed E-state index contributed by atoms with van der Waals surface area (Å²) in [5.74, 6) is 1.28. The van der Waals surface area contributed by atoms with E-state index in [2.05, 4.69) is 5.10 Å². The van der Waals surface area contributed by atoms with Gasteiger partial charge in [-0.15, -0.1) is 0 Å². The van der Waals surface area contributed by atoms with Crippen LogP contribution in [0.5, 0.6) is 11.6 Å². The first-order valence-corrected chi connectivity index (χ1v) is 6.21. The summed E-state index contributed by atoms with van der Waals surface area (Å²) in [7, 11) is 3.19. The van der Waals surface area contributed by atoms with Crippen molar-refractivity contribution in [1.29, 1.82) is 5.26 Å². The van der Waals surface area contributed by atoms with Crippen molar-refractivity contribution < 1.29 is 13.5 Å². The highest BCUT2D eigenvalue weighted by Gasteiger charge is 2.14. The number of aryl methyl sites for hydroxylation is 1. The number of aromatic nitrogens is 2. The Morgan fingerprint density at radius 1 is 1.43 bits per heavy atom. The van der Waals surface area contributed by atoms with Crippen LogP contribution < -0.4 is 9.64 Å². The number of hydrogen-bond donors (Lipinski definition) is 0. The second kappa shape index (κ2) is 6.22. The van der Waals surface area contributed by atoms with Gasteiger partial charge in [-0.3, -0.25) is 0 Å². The van der Waals surface area contributed by atoms with E-state index >= 15 is 0 Å². The van der Waals surface area contributed by atoms with Gasteiger partial charge in [-0.1, -0.05) is 6.07 Å². The number of anilines is 1. The lowest BCUT2D eigenvalue weighted by atomic mass is 10.2. The van der Waals surface area contributed by atoms with E-state index in [1.165, 1.54) is 16.6 Å². The Hall–Kier alpha value is -2.62. The Morgan fingerprint density at radius 2 is 2.19 bits per heavy atom. The van der Waals surface area contributed by atoms with Crippen LogP contribution in [0.25, 0.3) is 0 Å². The van der Waals surface area contributed by atoms with Crippen LogP contribution in [0.1, 0.15) is 5.56 Å². The van der Waals surface area contributed by atoms with Gasteiger partial charge in [0.1, 0.15) is 5.75 Å². The molecule has 1 heterocycles. The number of alkyl halides is 2. The number of rotatable bonds is 5. The van der Waals surface area contributed by atoms with Gasteiger partial charge in [0.15, 0.2) is 5.82 Å². The van der Waals surface area contributed by atoms with Crippen molar-refractivity contribution >= 4 is 5.82 Å². The van der Waals surface area contributed by atoms with Gasteiger partial charge in [0, 0.05) is 20.2 Å². The van der Waals surface area contributed by atoms with Crippen LogP contribution in [-0.4, -0.2) is 29.8 Å². The third-order valence-electron chi connectivity index (χ3n) is 2.81. The first-order chi connectivity index (χ1) is 9.99. The quantitative estimate of drug-likeness (QED) is 0.850. The molecule has 0 bridgehead atoms. The van der Waals surface area contributed by atoms with Crippen LogP contribution in [0.3, 0.4) is 0 Å². The minimum Gasteiger partial charge on any atom is -0.439 e. The van der Waals surface area contributed by atoms with Crippen molar-refractivity contribution in [3.63, 3.8) is 0 Å². The molecular formula is C14H14F2N4O. The van der Waals surface area contributed by atoms with E-state index in [1.807, 2.05) is 6.07 Å². The molecule has 1 aromatic carbocycles. The van der Waals surface area contributed by atoms with Gasteiger partial charge in [0.2, 0.25) is 5.88 Å². The maximum Gasteiger partial charge on any atom is 0.255 e. The van der Waals surface area contributed by atoms with E-state index in [-0.39, 0.29) is 0 Å². The van der Waals surface area contributed by atoms with Gasteiger partial charge >= 0.3 is 0 Å². The molecule has 0 N–H and O–H groups in total. The molecule has 1 aromatic heterocycles. The number of hydrogen-bond acceptors (Lipinski definition) is 4. The summed E-state index contributed by atoms with van der Waals surface area (Å²) in [6, 6.07) is 10.3.